The number of benzene rings is 1. The molecular formula is C17H24N2O2. The van der Waals surface area contributed by atoms with Crippen molar-refractivity contribution in [2.24, 2.45) is 0 Å². The van der Waals surface area contributed by atoms with Crippen molar-refractivity contribution in [2.75, 3.05) is 13.2 Å². The maximum Gasteiger partial charge on any atom is 0.323 e. The first-order chi connectivity index (χ1) is 10.3. The Morgan fingerprint density at radius 1 is 1.33 bits per heavy atom. The van der Waals surface area contributed by atoms with E-state index in [0.29, 0.717) is 12.6 Å². The normalized spacial score (nSPS) is 19.3. The number of rotatable bonds is 7. The summed E-state index contributed by atoms with van der Waals surface area (Å²) in [7, 11) is 0. The zero-order chi connectivity index (χ0) is 14.7. The van der Waals surface area contributed by atoms with Crippen LogP contribution < -0.4 is 5.32 Å². The number of carbonyl (C=O) groups is 1. The first-order valence-electron chi connectivity index (χ1n) is 7.98. The lowest BCUT2D eigenvalue weighted by Crippen LogP contribution is -2.41. The van der Waals surface area contributed by atoms with Crippen LogP contribution in [0.4, 0.5) is 0 Å². The van der Waals surface area contributed by atoms with Gasteiger partial charge in [-0.3, -0.25) is 9.69 Å². The van der Waals surface area contributed by atoms with Crippen LogP contribution in [0.1, 0.15) is 37.3 Å². The summed E-state index contributed by atoms with van der Waals surface area (Å²) >= 11 is 0. The third-order valence-electron chi connectivity index (χ3n) is 4.23. The fraction of sp³-hybridized carbons (Fsp3) is 0.588. The molecule has 21 heavy (non-hydrogen) atoms. The standard InChI is InChI=1S/C17H24N2O2/c1-2-21-17(20)16(18-15-7-8-15)9-10-19-11-13-5-3-4-6-14(13)12-19/h3-6,15-16,18H,2,7-12H2,1H3. The maximum atomic E-state index is 12.0. The van der Waals surface area contributed by atoms with Gasteiger partial charge in [0.2, 0.25) is 0 Å². The van der Waals surface area contributed by atoms with Crippen LogP contribution in [-0.4, -0.2) is 36.1 Å². The van der Waals surface area contributed by atoms with E-state index in [1.807, 2.05) is 6.92 Å². The molecule has 1 fully saturated rings. The molecule has 1 aliphatic heterocycles. The number of nitrogens with one attached hydrogen (secondary N) is 1. The zero-order valence-corrected chi connectivity index (χ0v) is 12.7. The number of carbonyl (C=O) groups excluding carboxylic acids is 1. The van der Waals surface area contributed by atoms with Crippen molar-refractivity contribution in [1.82, 2.24) is 10.2 Å². The van der Waals surface area contributed by atoms with Gasteiger partial charge in [-0.1, -0.05) is 24.3 Å². The average Bonchev–Trinajstić information content (AvgIpc) is 3.20. The van der Waals surface area contributed by atoms with Crippen LogP contribution in [0.2, 0.25) is 0 Å². The van der Waals surface area contributed by atoms with E-state index >= 15 is 0 Å². The molecule has 1 unspecified atom stereocenters. The molecule has 4 heteroatoms. The monoisotopic (exact) mass is 288 g/mol. The fourth-order valence-electron chi connectivity index (χ4n) is 2.92. The van der Waals surface area contributed by atoms with Crippen molar-refractivity contribution in [3.63, 3.8) is 0 Å². The van der Waals surface area contributed by atoms with Crippen molar-refractivity contribution in [1.29, 1.82) is 0 Å². The number of fused-ring (bicyclic) bond motifs is 1. The van der Waals surface area contributed by atoms with E-state index < -0.39 is 0 Å². The van der Waals surface area contributed by atoms with Gasteiger partial charge in [0.05, 0.1) is 6.61 Å². The van der Waals surface area contributed by atoms with Crippen LogP contribution in [0, 0.1) is 0 Å². The van der Waals surface area contributed by atoms with Gasteiger partial charge >= 0.3 is 5.97 Å². The van der Waals surface area contributed by atoms with Crippen LogP contribution >= 0.6 is 0 Å². The van der Waals surface area contributed by atoms with Gasteiger partial charge in [0, 0.05) is 25.7 Å². The minimum absolute atomic E-state index is 0.0962. The molecule has 1 aromatic carbocycles. The van der Waals surface area contributed by atoms with Crippen molar-refractivity contribution in [3.8, 4) is 0 Å². The van der Waals surface area contributed by atoms with Gasteiger partial charge < -0.3 is 10.1 Å². The van der Waals surface area contributed by atoms with Gasteiger partial charge in [-0.25, -0.2) is 0 Å². The van der Waals surface area contributed by atoms with Gasteiger partial charge in [-0.15, -0.1) is 0 Å². The molecule has 3 rings (SSSR count). The maximum absolute atomic E-state index is 12.0. The van der Waals surface area contributed by atoms with E-state index in [1.54, 1.807) is 0 Å². The Bertz CT molecular complexity index is 474. The quantitative estimate of drug-likeness (QED) is 0.780. The minimum Gasteiger partial charge on any atom is -0.465 e. The van der Waals surface area contributed by atoms with Gasteiger partial charge in [0.1, 0.15) is 6.04 Å². The lowest BCUT2D eigenvalue weighted by atomic mass is 10.1. The van der Waals surface area contributed by atoms with Gasteiger partial charge in [-0.05, 0) is 37.3 Å². The largest absolute Gasteiger partial charge is 0.465 e. The molecule has 4 nitrogen and oxygen atoms in total. The average molecular weight is 288 g/mol. The number of hydrogen-bond donors (Lipinski definition) is 1. The number of ether oxygens (including phenoxy) is 1. The lowest BCUT2D eigenvalue weighted by Gasteiger charge is -2.21. The first-order valence-corrected chi connectivity index (χ1v) is 7.98. The predicted octanol–water partition coefficient (Wildman–Crippen LogP) is 2.08. The molecule has 1 atom stereocenters. The molecule has 1 N–H and O–H groups in total. The van der Waals surface area contributed by atoms with E-state index in [1.165, 1.54) is 24.0 Å². The first kappa shape index (κ1) is 14.5. The minimum atomic E-state index is -0.152. The summed E-state index contributed by atoms with van der Waals surface area (Å²) in [4.78, 5) is 14.4. The molecule has 114 valence electrons. The van der Waals surface area contributed by atoms with Crippen LogP contribution in [0.15, 0.2) is 24.3 Å². The van der Waals surface area contributed by atoms with Gasteiger partial charge in [-0.2, -0.15) is 0 Å². The molecule has 1 aromatic rings. The number of hydrogen-bond acceptors (Lipinski definition) is 4. The summed E-state index contributed by atoms with van der Waals surface area (Å²) in [6, 6.07) is 8.95. The van der Waals surface area contributed by atoms with Gasteiger partial charge in [0.25, 0.3) is 0 Å². The second kappa shape index (κ2) is 6.58. The number of nitrogens with zero attached hydrogens (tertiary/aromatic N) is 1. The van der Waals surface area contributed by atoms with E-state index in [9.17, 15) is 4.79 Å². The molecule has 0 spiro atoms. The third-order valence-corrected chi connectivity index (χ3v) is 4.23. The summed E-state index contributed by atoms with van der Waals surface area (Å²) in [5.41, 5.74) is 2.83. The molecule has 2 aliphatic rings. The molecule has 1 heterocycles. The highest BCUT2D eigenvalue weighted by molar-refractivity contribution is 5.75. The van der Waals surface area contributed by atoms with Crippen LogP contribution in [0.3, 0.4) is 0 Å². The summed E-state index contributed by atoms with van der Waals surface area (Å²) in [5.74, 6) is -0.0962. The number of esters is 1. The highest BCUT2D eigenvalue weighted by atomic mass is 16.5. The molecule has 0 bridgehead atoms. The van der Waals surface area contributed by atoms with Crippen molar-refractivity contribution in [2.45, 2.75) is 51.4 Å². The highest BCUT2D eigenvalue weighted by Crippen LogP contribution is 2.23. The molecule has 0 saturated heterocycles. The highest BCUT2D eigenvalue weighted by Gasteiger charge is 2.30. The van der Waals surface area contributed by atoms with Gasteiger partial charge in [0.15, 0.2) is 0 Å². The van der Waals surface area contributed by atoms with E-state index in [0.717, 1.165) is 26.1 Å². The van der Waals surface area contributed by atoms with Crippen LogP contribution in [0.25, 0.3) is 0 Å². The Morgan fingerprint density at radius 3 is 2.57 bits per heavy atom. The lowest BCUT2D eigenvalue weighted by molar-refractivity contribution is -0.146. The predicted molar refractivity (Wildman–Crippen MR) is 81.8 cm³/mol. The fourth-order valence-corrected chi connectivity index (χ4v) is 2.92. The molecular weight excluding hydrogens is 264 g/mol. The molecule has 1 aliphatic carbocycles. The Balaban J connectivity index is 1.51. The molecule has 0 aromatic heterocycles. The molecule has 1 saturated carbocycles. The topological polar surface area (TPSA) is 41.6 Å². The summed E-state index contributed by atoms with van der Waals surface area (Å²) < 4.78 is 5.19. The third kappa shape index (κ3) is 3.83. The molecule has 0 radical (unpaired) electrons. The SMILES string of the molecule is CCOC(=O)C(CCN1Cc2ccccc2C1)NC1CC1. The van der Waals surface area contributed by atoms with Crippen molar-refractivity contribution >= 4 is 5.97 Å². The zero-order valence-electron chi connectivity index (χ0n) is 12.7. The Hall–Kier alpha value is -1.39. The smallest absolute Gasteiger partial charge is 0.323 e. The van der Waals surface area contributed by atoms with E-state index in [2.05, 4.69) is 34.5 Å². The Labute approximate surface area is 126 Å². The Kier molecular flexibility index (Phi) is 4.56. The van der Waals surface area contributed by atoms with E-state index in [-0.39, 0.29) is 12.0 Å². The summed E-state index contributed by atoms with van der Waals surface area (Å²) in [6.45, 7) is 5.24. The second-order valence-electron chi connectivity index (χ2n) is 6.01. The van der Waals surface area contributed by atoms with Crippen LogP contribution in [-0.2, 0) is 22.6 Å². The summed E-state index contributed by atoms with van der Waals surface area (Å²) in [6.07, 6.45) is 3.19. The second-order valence-corrected chi connectivity index (χ2v) is 6.01. The Morgan fingerprint density at radius 2 is 2.00 bits per heavy atom. The van der Waals surface area contributed by atoms with Crippen molar-refractivity contribution in [3.05, 3.63) is 35.4 Å². The van der Waals surface area contributed by atoms with E-state index in [4.69, 9.17) is 4.74 Å². The molecule has 0 amide bonds. The summed E-state index contributed by atoms with van der Waals surface area (Å²) in [5, 5.41) is 3.42. The van der Waals surface area contributed by atoms with Crippen molar-refractivity contribution < 1.29 is 9.53 Å². The van der Waals surface area contributed by atoms with Crippen LogP contribution in [0.5, 0.6) is 0 Å².